The normalized spacial score (nSPS) is 23.3. The van der Waals surface area contributed by atoms with Crippen LogP contribution >= 0.6 is 0 Å². The fourth-order valence-electron chi connectivity index (χ4n) is 2.81. The van der Waals surface area contributed by atoms with Crippen LogP contribution in [-0.4, -0.2) is 32.0 Å². The summed E-state index contributed by atoms with van der Waals surface area (Å²) in [6.45, 7) is 2.90. The molecule has 1 aromatic heterocycles. The van der Waals surface area contributed by atoms with Crippen molar-refractivity contribution >= 4 is 20.9 Å². The van der Waals surface area contributed by atoms with E-state index in [-0.39, 0.29) is 10.9 Å². The number of nitrogens with one attached hydrogen (secondary N) is 2. The van der Waals surface area contributed by atoms with Crippen LogP contribution < -0.4 is 10.0 Å². The van der Waals surface area contributed by atoms with Gasteiger partial charge in [-0.25, -0.2) is 13.1 Å². The SMILES string of the molecule is CC1CC(NS(=O)(=O)c2cccc3cccnc23)CCN1. The first-order valence-corrected chi connectivity index (χ1v) is 8.64. The van der Waals surface area contributed by atoms with E-state index in [1.54, 1.807) is 24.4 Å². The molecule has 112 valence electrons. The van der Waals surface area contributed by atoms with E-state index in [9.17, 15) is 8.42 Å². The summed E-state index contributed by atoms with van der Waals surface area (Å²) < 4.78 is 28.1. The van der Waals surface area contributed by atoms with Crippen molar-refractivity contribution in [3.63, 3.8) is 0 Å². The fourth-order valence-corrected chi connectivity index (χ4v) is 4.28. The van der Waals surface area contributed by atoms with Gasteiger partial charge in [-0.3, -0.25) is 4.98 Å². The molecule has 1 aliphatic heterocycles. The van der Waals surface area contributed by atoms with Gasteiger partial charge in [-0.15, -0.1) is 0 Å². The van der Waals surface area contributed by atoms with Gasteiger partial charge >= 0.3 is 0 Å². The predicted octanol–water partition coefficient (Wildman–Crippen LogP) is 1.65. The first kappa shape index (κ1) is 14.4. The Morgan fingerprint density at radius 3 is 2.90 bits per heavy atom. The first-order valence-electron chi connectivity index (χ1n) is 7.16. The number of nitrogens with zero attached hydrogens (tertiary/aromatic N) is 1. The minimum absolute atomic E-state index is 0.0229. The molecule has 0 saturated carbocycles. The summed E-state index contributed by atoms with van der Waals surface area (Å²) in [6.07, 6.45) is 3.23. The van der Waals surface area contributed by atoms with Gasteiger partial charge in [0.15, 0.2) is 0 Å². The molecule has 0 aliphatic carbocycles. The Morgan fingerprint density at radius 2 is 2.10 bits per heavy atom. The maximum atomic E-state index is 12.6. The molecule has 2 unspecified atom stereocenters. The van der Waals surface area contributed by atoms with Crippen molar-refractivity contribution in [3.05, 3.63) is 36.5 Å². The molecule has 2 heterocycles. The lowest BCUT2D eigenvalue weighted by atomic mass is 10.0. The Hall–Kier alpha value is -1.50. The minimum atomic E-state index is -3.55. The number of aromatic nitrogens is 1. The first-order chi connectivity index (χ1) is 10.1. The Labute approximate surface area is 124 Å². The van der Waals surface area contributed by atoms with Crippen LogP contribution in [0.4, 0.5) is 0 Å². The third kappa shape index (κ3) is 3.07. The number of pyridine rings is 1. The second-order valence-electron chi connectivity index (χ2n) is 5.53. The molecule has 2 N–H and O–H groups in total. The number of piperidine rings is 1. The van der Waals surface area contributed by atoms with Crippen LogP contribution in [0.2, 0.25) is 0 Å². The van der Waals surface area contributed by atoms with Crippen molar-refractivity contribution in [1.29, 1.82) is 0 Å². The molecule has 1 aromatic carbocycles. The van der Waals surface area contributed by atoms with Crippen LogP contribution in [0, 0.1) is 0 Å². The van der Waals surface area contributed by atoms with Crippen LogP contribution in [0.25, 0.3) is 10.9 Å². The molecule has 2 aromatic rings. The molecule has 21 heavy (non-hydrogen) atoms. The van der Waals surface area contributed by atoms with Crippen molar-refractivity contribution in [1.82, 2.24) is 15.0 Å². The highest BCUT2D eigenvalue weighted by molar-refractivity contribution is 7.89. The molecule has 6 heteroatoms. The van der Waals surface area contributed by atoms with Crippen LogP contribution in [-0.2, 0) is 10.0 Å². The Bertz CT molecular complexity index is 740. The van der Waals surface area contributed by atoms with Crippen molar-refractivity contribution in [2.75, 3.05) is 6.54 Å². The minimum Gasteiger partial charge on any atom is -0.314 e. The lowest BCUT2D eigenvalue weighted by Gasteiger charge is -2.28. The second-order valence-corrected chi connectivity index (χ2v) is 7.21. The molecule has 0 spiro atoms. The number of fused-ring (bicyclic) bond motifs is 1. The van der Waals surface area contributed by atoms with Crippen LogP contribution in [0.3, 0.4) is 0 Å². The van der Waals surface area contributed by atoms with E-state index in [2.05, 4.69) is 21.9 Å². The van der Waals surface area contributed by atoms with E-state index in [0.717, 1.165) is 24.8 Å². The summed E-state index contributed by atoms with van der Waals surface area (Å²) in [7, 11) is -3.55. The number of sulfonamides is 1. The topological polar surface area (TPSA) is 71.1 Å². The highest BCUT2D eigenvalue weighted by atomic mass is 32.2. The van der Waals surface area contributed by atoms with Gasteiger partial charge in [0.25, 0.3) is 0 Å². The van der Waals surface area contributed by atoms with Gasteiger partial charge < -0.3 is 5.32 Å². The summed E-state index contributed by atoms with van der Waals surface area (Å²) in [5, 5.41) is 4.15. The summed E-state index contributed by atoms with van der Waals surface area (Å²) in [5.74, 6) is 0. The van der Waals surface area contributed by atoms with E-state index in [0.29, 0.717) is 11.6 Å². The van der Waals surface area contributed by atoms with E-state index in [1.165, 1.54) is 0 Å². The molecule has 1 fully saturated rings. The Kier molecular flexibility index (Phi) is 3.93. The number of hydrogen-bond donors (Lipinski definition) is 2. The van der Waals surface area contributed by atoms with Crippen LogP contribution in [0.5, 0.6) is 0 Å². The molecule has 1 saturated heterocycles. The van der Waals surface area contributed by atoms with Gasteiger partial charge in [0, 0.05) is 23.7 Å². The lowest BCUT2D eigenvalue weighted by Crippen LogP contribution is -2.46. The van der Waals surface area contributed by atoms with E-state index >= 15 is 0 Å². The van der Waals surface area contributed by atoms with Crippen molar-refractivity contribution in [3.8, 4) is 0 Å². The molecule has 0 radical (unpaired) electrons. The van der Waals surface area contributed by atoms with Gasteiger partial charge in [0.05, 0.1) is 5.52 Å². The number of benzene rings is 1. The lowest BCUT2D eigenvalue weighted by molar-refractivity contribution is 0.361. The molecular formula is C15H19N3O2S. The van der Waals surface area contributed by atoms with E-state index in [1.807, 2.05) is 12.1 Å². The third-order valence-corrected chi connectivity index (χ3v) is 5.38. The molecular weight excluding hydrogens is 286 g/mol. The van der Waals surface area contributed by atoms with Crippen molar-refractivity contribution in [2.24, 2.45) is 0 Å². The molecule has 5 nitrogen and oxygen atoms in total. The van der Waals surface area contributed by atoms with E-state index in [4.69, 9.17) is 0 Å². The Balaban J connectivity index is 1.93. The predicted molar refractivity (Wildman–Crippen MR) is 82.6 cm³/mol. The van der Waals surface area contributed by atoms with Crippen molar-refractivity contribution in [2.45, 2.75) is 36.7 Å². The van der Waals surface area contributed by atoms with E-state index < -0.39 is 10.0 Å². The third-order valence-electron chi connectivity index (χ3n) is 3.83. The zero-order chi connectivity index (χ0) is 14.9. The maximum absolute atomic E-state index is 12.6. The highest BCUT2D eigenvalue weighted by Crippen LogP contribution is 2.21. The fraction of sp³-hybridized carbons (Fsp3) is 0.400. The van der Waals surface area contributed by atoms with Gasteiger partial charge in [0.1, 0.15) is 4.90 Å². The quantitative estimate of drug-likeness (QED) is 0.904. The zero-order valence-corrected chi connectivity index (χ0v) is 12.7. The van der Waals surface area contributed by atoms with Gasteiger partial charge in [-0.2, -0.15) is 0 Å². The molecule has 0 amide bonds. The monoisotopic (exact) mass is 305 g/mol. The molecule has 2 atom stereocenters. The highest BCUT2D eigenvalue weighted by Gasteiger charge is 2.25. The van der Waals surface area contributed by atoms with Crippen LogP contribution in [0.1, 0.15) is 19.8 Å². The van der Waals surface area contributed by atoms with Crippen molar-refractivity contribution < 1.29 is 8.42 Å². The Morgan fingerprint density at radius 1 is 1.29 bits per heavy atom. The molecule has 1 aliphatic rings. The summed E-state index contributed by atoms with van der Waals surface area (Å²) in [4.78, 5) is 4.48. The van der Waals surface area contributed by atoms with Gasteiger partial charge in [0.2, 0.25) is 10.0 Å². The number of para-hydroxylation sites is 1. The smallest absolute Gasteiger partial charge is 0.242 e. The average molecular weight is 305 g/mol. The number of hydrogen-bond acceptors (Lipinski definition) is 4. The van der Waals surface area contributed by atoms with Gasteiger partial charge in [-0.1, -0.05) is 18.2 Å². The van der Waals surface area contributed by atoms with Crippen LogP contribution in [0.15, 0.2) is 41.4 Å². The molecule has 3 rings (SSSR count). The van der Waals surface area contributed by atoms with Gasteiger partial charge in [-0.05, 0) is 38.4 Å². The summed E-state index contributed by atoms with van der Waals surface area (Å²) in [5.41, 5.74) is 0.523. The largest absolute Gasteiger partial charge is 0.314 e. The second kappa shape index (κ2) is 5.71. The average Bonchev–Trinajstić information content (AvgIpc) is 2.46. The maximum Gasteiger partial charge on any atom is 0.242 e. The molecule has 0 bridgehead atoms. The number of rotatable bonds is 3. The standard InChI is InChI=1S/C15H19N3O2S/c1-11-10-13(7-9-16-11)18-21(19,20)14-6-2-4-12-5-3-8-17-15(12)14/h2-6,8,11,13,16,18H,7,9-10H2,1H3. The summed E-state index contributed by atoms with van der Waals surface area (Å²) >= 11 is 0. The summed E-state index contributed by atoms with van der Waals surface area (Å²) in [6, 6.07) is 9.22. The zero-order valence-electron chi connectivity index (χ0n) is 11.9.